The van der Waals surface area contributed by atoms with E-state index >= 15 is 0 Å². The van der Waals surface area contributed by atoms with Crippen molar-refractivity contribution in [2.45, 2.75) is 6.92 Å². The van der Waals surface area contributed by atoms with Gasteiger partial charge in [0.05, 0.1) is 34.0 Å². The molecule has 0 saturated heterocycles. The molecule has 0 bridgehead atoms. The van der Waals surface area contributed by atoms with Crippen LogP contribution in [0, 0.1) is 19.3 Å². The molecule has 0 spiro atoms. The van der Waals surface area contributed by atoms with Crippen LogP contribution < -0.4 is 18.9 Å². The highest BCUT2D eigenvalue weighted by Gasteiger charge is 2.20. The summed E-state index contributed by atoms with van der Waals surface area (Å²) in [6.07, 6.45) is 5.60. The number of benzene rings is 2. The lowest BCUT2D eigenvalue weighted by atomic mass is 10.00. The SMILES string of the molecule is C#Cc1cc2c(C)c(C(=C)c3cc(OC)c(OC)c(OC)c3)oc2cc1OC. The van der Waals surface area contributed by atoms with Crippen molar-refractivity contribution < 1.29 is 23.4 Å². The molecule has 5 heteroatoms. The summed E-state index contributed by atoms with van der Waals surface area (Å²) in [5.74, 6) is 5.50. The average Bonchev–Trinajstić information content (AvgIpc) is 3.06. The lowest BCUT2D eigenvalue weighted by molar-refractivity contribution is 0.324. The van der Waals surface area contributed by atoms with E-state index in [0.717, 1.165) is 16.5 Å². The zero-order chi connectivity index (χ0) is 20.4. The molecule has 5 nitrogen and oxygen atoms in total. The Hall–Kier alpha value is -3.52. The largest absolute Gasteiger partial charge is 0.495 e. The van der Waals surface area contributed by atoms with Gasteiger partial charge in [-0.25, -0.2) is 0 Å². The summed E-state index contributed by atoms with van der Waals surface area (Å²) in [6, 6.07) is 7.36. The molecule has 0 atom stereocenters. The van der Waals surface area contributed by atoms with Crippen LogP contribution in [0.3, 0.4) is 0 Å². The Bertz CT molecular complexity index is 1070. The lowest BCUT2D eigenvalue weighted by Gasteiger charge is -2.14. The van der Waals surface area contributed by atoms with Gasteiger partial charge >= 0.3 is 0 Å². The third kappa shape index (κ3) is 3.03. The predicted molar refractivity (Wildman–Crippen MR) is 110 cm³/mol. The number of aryl methyl sites for hydroxylation is 1. The second-order valence-corrected chi connectivity index (χ2v) is 6.14. The fraction of sp³-hybridized carbons (Fsp3) is 0.217. The maximum absolute atomic E-state index is 6.10. The third-order valence-corrected chi connectivity index (χ3v) is 4.70. The van der Waals surface area contributed by atoms with Gasteiger partial charge in [0, 0.05) is 22.6 Å². The van der Waals surface area contributed by atoms with Gasteiger partial charge in [-0.15, -0.1) is 6.42 Å². The van der Waals surface area contributed by atoms with Gasteiger partial charge in [-0.05, 0) is 30.7 Å². The van der Waals surface area contributed by atoms with Crippen molar-refractivity contribution in [3.63, 3.8) is 0 Å². The van der Waals surface area contributed by atoms with Gasteiger partial charge < -0.3 is 23.4 Å². The number of hydrogen-bond acceptors (Lipinski definition) is 5. The van der Waals surface area contributed by atoms with E-state index in [1.54, 1.807) is 34.5 Å². The number of rotatable bonds is 6. The Morgan fingerprint density at radius 3 is 2.04 bits per heavy atom. The van der Waals surface area contributed by atoms with Gasteiger partial charge in [0.25, 0.3) is 0 Å². The summed E-state index contributed by atoms with van der Waals surface area (Å²) in [7, 11) is 6.29. The molecule has 0 saturated carbocycles. The number of fused-ring (bicyclic) bond motifs is 1. The van der Waals surface area contributed by atoms with E-state index < -0.39 is 0 Å². The molecular formula is C23H22O5. The van der Waals surface area contributed by atoms with Crippen molar-refractivity contribution in [3.05, 3.63) is 53.3 Å². The van der Waals surface area contributed by atoms with Crippen LogP contribution in [0.2, 0.25) is 0 Å². The van der Waals surface area contributed by atoms with Crippen molar-refractivity contribution in [1.82, 2.24) is 0 Å². The number of ether oxygens (including phenoxy) is 4. The van der Waals surface area contributed by atoms with Crippen molar-refractivity contribution in [3.8, 4) is 35.3 Å². The molecule has 0 aliphatic heterocycles. The van der Waals surface area contributed by atoms with Gasteiger partial charge in [0.15, 0.2) is 11.5 Å². The number of hydrogen-bond donors (Lipinski definition) is 0. The first-order valence-corrected chi connectivity index (χ1v) is 8.56. The van der Waals surface area contributed by atoms with Crippen LogP contribution >= 0.6 is 0 Å². The second-order valence-electron chi connectivity index (χ2n) is 6.14. The van der Waals surface area contributed by atoms with Crippen LogP contribution in [0.15, 0.2) is 35.3 Å². The molecule has 3 aromatic rings. The maximum atomic E-state index is 6.10. The Morgan fingerprint density at radius 2 is 1.54 bits per heavy atom. The molecule has 0 aliphatic rings. The Labute approximate surface area is 164 Å². The molecule has 144 valence electrons. The van der Waals surface area contributed by atoms with Gasteiger partial charge in [0.2, 0.25) is 5.75 Å². The van der Waals surface area contributed by atoms with E-state index in [0.29, 0.717) is 45.5 Å². The molecular weight excluding hydrogens is 356 g/mol. The minimum atomic E-state index is 0.520. The first-order valence-electron chi connectivity index (χ1n) is 8.56. The fourth-order valence-corrected chi connectivity index (χ4v) is 3.20. The standard InChI is InChI=1S/C23H22O5/c1-8-15-9-17-14(3)22(28-19(17)12-18(15)24-4)13(2)16-10-20(25-5)23(27-7)21(11-16)26-6/h1,9-12H,2H2,3-7H3. The van der Waals surface area contributed by atoms with Crippen molar-refractivity contribution in [2.24, 2.45) is 0 Å². The fourth-order valence-electron chi connectivity index (χ4n) is 3.20. The van der Waals surface area contributed by atoms with Crippen LogP contribution in [0.4, 0.5) is 0 Å². The molecule has 0 fully saturated rings. The molecule has 0 unspecified atom stereocenters. The molecule has 28 heavy (non-hydrogen) atoms. The number of terminal acetylenes is 1. The minimum absolute atomic E-state index is 0.520. The van der Waals surface area contributed by atoms with Crippen molar-refractivity contribution in [1.29, 1.82) is 0 Å². The highest BCUT2D eigenvalue weighted by molar-refractivity contribution is 5.91. The second kappa shape index (κ2) is 7.61. The van der Waals surface area contributed by atoms with E-state index in [4.69, 9.17) is 29.8 Å². The molecule has 0 radical (unpaired) electrons. The molecule has 3 rings (SSSR count). The molecule has 0 amide bonds. The molecule has 0 aliphatic carbocycles. The summed E-state index contributed by atoms with van der Waals surface area (Å²) in [5.41, 5.74) is 3.77. The van der Waals surface area contributed by atoms with Crippen LogP contribution in [0.1, 0.15) is 22.5 Å². The zero-order valence-corrected chi connectivity index (χ0v) is 16.6. The Morgan fingerprint density at radius 1 is 0.929 bits per heavy atom. The first-order chi connectivity index (χ1) is 13.5. The summed E-state index contributed by atoms with van der Waals surface area (Å²) in [6.45, 7) is 6.19. The predicted octanol–water partition coefficient (Wildman–Crippen LogP) is 4.82. The van der Waals surface area contributed by atoms with E-state index in [-0.39, 0.29) is 0 Å². The summed E-state index contributed by atoms with van der Waals surface area (Å²) < 4.78 is 27.7. The summed E-state index contributed by atoms with van der Waals surface area (Å²) in [5, 5.41) is 0.914. The summed E-state index contributed by atoms with van der Waals surface area (Å²) in [4.78, 5) is 0. The minimum Gasteiger partial charge on any atom is -0.495 e. The van der Waals surface area contributed by atoms with E-state index in [1.807, 2.05) is 25.1 Å². The Kier molecular flexibility index (Phi) is 5.23. The van der Waals surface area contributed by atoms with Gasteiger partial charge in [-0.2, -0.15) is 0 Å². The van der Waals surface area contributed by atoms with Gasteiger partial charge in [0.1, 0.15) is 17.1 Å². The van der Waals surface area contributed by atoms with Crippen LogP contribution in [0.25, 0.3) is 16.5 Å². The van der Waals surface area contributed by atoms with Gasteiger partial charge in [-0.1, -0.05) is 12.5 Å². The first kappa shape index (κ1) is 19.2. The van der Waals surface area contributed by atoms with E-state index in [1.165, 1.54) is 0 Å². The zero-order valence-electron chi connectivity index (χ0n) is 16.6. The number of furan rings is 1. The molecule has 0 N–H and O–H groups in total. The Balaban J connectivity index is 2.16. The normalized spacial score (nSPS) is 10.4. The third-order valence-electron chi connectivity index (χ3n) is 4.70. The van der Waals surface area contributed by atoms with E-state index in [2.05, 4.69) is 12.5 Å². The van der Waals surface area contributed by atoms with Gasteiger partial charge in [-0.3, -0.25) is 0 Å². The lowest BCUT2D eigenvalue weighted by Crippen LogP contribution is -1.97. The van der Waals surface area contributed by atoms with Crippen LogP contribution in [0.5, 0.6) is 23.0 Å². The molecule has 1 aromatic heterocycles. The van der Waals surface area contributed by atoms with Crippen molar-refractivity contribution >= 4 is 16.5 Å². The quantitative estimate of drug-likeness (QED) is 0.576. The maximum Gasteiger partial charge on any atom is 0.203 e. The highest BCUT2D eigenvalue weighted by Crippen LogP contribution is 2.42. The number of methoxy groups -OCH3 is 4. The van der Waals surface area contributed by atoms with Crippen LogP contribution in [-0.2, 0) is 0 Å². The van der Waals surface area contributed by atoms with E-state index in [9.17, 15) is 0 Å². The monoisotopic (exact) mass is 378 g/mol. The molecule has 1 heterocycles. The molecule has 2 aromatic carbocycles. The smallest absolute Gasteiger partial charge is 0.203 e. The van der Waals surface area contributed by atoms with Crippen LogP contribution in [-0.4, -0.2) is 28.4 Å². The average molecular weight is 378 g/mol. The highest BCUT2D eigenvalue weighted by atomic mass is 16.5. The van der Waals surface area contributed by atoms with Crippen molar-refractivity contribution in [2.75, 3.05) is 28.4 Å². The topological polar surface area (TPSA) is 50.1 Å². The summed E-state index contributed by atoms with van der Waals surface area (Å²) >= 11 is 0.